The van der Waals surface area contributed by atoms with Crippen molar-refractivity contribution in [3.8, 4) is 0 Å². The summed E-state index contributed by atoms with van der Waals surface area (Å²) >= 11 is 0. The van der Waals surface area contributed by atoms with E-state index in [4.69, 9.17) is 9.05 Å². The predicted molar refractivity (Wildman–Crippen MR) is 161 cm³/mol. The molecule has 0 aromatic heterocycles. The number of carbonyl (C=O) groups excluding carboxylic acids is 2. The van der Waals surface area contributed by atoms with Crippen molar-refractivity contribution >= 4 is 53.0 Å². The number of anilines is 3. The fourth-order valence-corrected chi connectivity index (χ4v) is 6.14. The van der Waals surface area contributed by atoms with Crippen LogP contribution in [0.1, 0.15) is 31.9 Å². The molecule has 0 spiro atoms. The Morgan fingerprint density at radius 1 is 0.975 bits per heavy atom. The average molecular weight is 563 g/mol. The predicted octanol–water partition coefficient (Wildman–Crippen LogP) is 5.08. The zero-order chi connectivity index (χ0) is 28.7. The first kappa shape index (κ1) is 29.2. The van der Waals surface area contributed by atoms with Crippen LogP contribution in [-0.2, 0) is 23.2 Å². The van der Waals surface area contributed by atoms with Crippen LogP contribution in [0, 0.1) is 0 Å². The van der Waals surface area contributed by atoms with E-state index in [1.165, 1.54) is 0 Å². The Morgan fingerprint density at radius 3 is 2.25 bits per heavy atom. The molecule has 1 heterocycles. The number of likely N-dealkylation sites (N-methyl/N-ethyl adjacent to an activating group) is 1. The molecule has 0 bridgehead atoms. The molecule has 9 nitrogen and oxygen atoms in total. The number of nitrogens with zero attached hydrogens (tertiary/aromatic N) is 1. The van der Waals surface area contributed by atoms with Gasteiger partial charge in [0.1, 0.15) is 0 Å². The van der Waals surface area contributed by atoms with Crippen molar-refractivity contribution in [3.05, 3.63) is 83.9 Å². The van der Waals surface area contributed by atoms with Crippen LogP contribution < -0.4 is 26.2 Å². The van der Waals surface area contributed by atoms with E-state index in [0.717, 1.165) is 16.9 Å². The quantitative estimate of drug-likeness (QED) is 0.209. The summed E-state index contributed by atoms with van der Waals surface area (Å²) in [5.41, 5.74) is 4.51. The zero-order valence-corrected chi connectivity index (χ0v) is 24.1. The summed E-state index contributed by atoms with van der Waals surface area (Å²) in [5, 5.41) is 9.80. The molecule has 40 heavy (non-hydrogen) atoms. The Hall–Kier alpha value is -3.75. The molecule has 2 amide bonds. The van der Waals surface area contributed by atoms with Crippen molar-refractivity contribution in [2.75, 3.05) is 48.9 Å². The summed E-state index contributed by atoms with van der Waals surface area (Å²) < 4.78 is 24.6. The normalized spacial score (nSPS) is 13.9. The Balaban J connectivity index is 1.79. The first-order chi connectivity index (χ1) is 19.3. The van der Waals surface area contributed by atoms with E-state index in [1.807, 2.05) is 61.6 Å². The molecule has 1 aliphatic heterocycles. The highest BCUT2D eigenvalue weighted by molar-refractivity contribution is 7.62. The zero-order valence-electron chi connectivity index (χ0n) is 23.2. The summed E-state index contributed by atoms with van der Waals surface area (Å²) in [6, 6.07) is 22.1. The summed E-state index contributed by atoms with van der Waals surface area (Å²) in [4.78, 5) is 27.3. The van der Waals surface area contributed by atoms with Gasteiger partial charge < -0.3 is 29.9 Å². The fourth-order valence-electron chi connectivity index (χ4n) is 4.54. The van der Waals surface area contributed by atoms with Crippen LogP contribution in [0.4, 0.5) is 17.1 Å². The highest BCUT2D eigenvalue weighted by Gasteiger charge is 2.33. The van der Waals surface area contributed by atoms with E-state index < -0.39 is 7.60 Å². The first-order valence-corrected chi connectivity index (χ1v) is 14.8. The molecule has 0 aliphatic carbocycles. The van der Waals surface area contributed by atoms with Crippen molar-refractivity contribution in [2.45, 2.75) is 20.8 Å². The van der Waals surface area contributed by atoms with Crippen LogP contribution in [0.15, 0.2) is 72.8 Å². The maximum Gasteiger partial charge on any atom is 0.361 e. The minimum atomic E-state index is -3.57. The highest BCUT2D eigenvalue weighted by Crippen LogP contribution is 2.48. The molecule has 3 aromatic rings. The van der Waals surface area contributed by atoms with Crippen LogP contribution in [0.3, 0.4) is 0 Å². The third kappa shape index (κ3) is 6.35. The second-order valence-electron chi connectivity index (χ2n) is 9.08. The Kier molecular flexibility index (Phi) is 9.55. The molecular weight excluding hydrogens is 527 g/mol. The highest BCUT2D eigenvalue weighted by atomic mass is 31.2. The van der Waals surface area contributed by atoms with Gasteiger partial charge in [-0.25, -0.2) is 0 Å². The van der Waals surface area contributed by atoms with Gasteiger partial charge in [-0.3, -0.25) is 14.2 Å². The number of rotatable bonds is 12. The van der Waals surface area contributed by atoms with Gasteiger partial charge in [-0.1, -0.05) is 30.3 Å². The van der Waals surface area contributed by atoms with Crippen molar-refractivity contribution in [1.82, 2.24) is 5.32 Å². The van der Waals surface area contributed by atoms with Gasteiger partial charge in [0.05, 0.1) is 29.8 Å². The molecular formula is C30H35N4O5P. The van der Waals surface area contributed by atoms with Gasteiger partial charge in [0.15, 0.2) is 0 Å². The molecule has 0 saturated carbocycles. The van der Waals surface area contributed by atoms with Gasteiger partial charge in [0, 0.05) is 42.6 Å². The summed E-state index contributed by atoms with van der Waals surface area (Å²) in [6.07, 6.45) is 0. The first-order valence-electron chi connectivity index (χ1n) is 13.3. The number of benzene rings is 3. The van der Waals surface area contributed by atoms with Crippen LogP contribution >= 0.6 is 7.60 Å². The minimum Gasteiger partial charge on any atom is -0.354 e. The van der Waals surface area contributed by atoms with Gasteiger partial charge in [-0.05, 0) is 68.9 Å². The molecule has 0 radical (unpaired) electrons. The van der Waals surface area contributed by atoms with E-state index in [2.05, 4.69) is 16.0 Å². The molecule has 210 valence electrons. The molecule has 10 heteroatoms. The number of hydrogen-bond acceptors (Lipinski definition) is 7. The Labute approximate surface area is 235 Å². The van der Waals surface area contributed by atoms with Crippen LogP contribution in [0.2, 0.25) is 0 Å². The van der Waals surface area contributed by atoms with Crippen molar-refractivity contribution in [2.24, 2.45) is 0 Å². The van der Waals surface area contributed by atoms with Crippen LogP contribution in [-0.4, -0.2) is 45.2 Å². The lowest BCUT2D eigenvalue weighted by Gasteiger charge is -2.22. The lowest BCUT2D eigenvalue weighted by Crippen LogP contribution is -2.34. The summed E-state index contributed by atoms with van der Waals surface area (Å²) in [5.74, 6) is -0.331. The summed E-state index contributed by atoms with van der Waals surface area (Å²) in [6.45, 7) is 6.71. The number of amides is 2. The second-order valence-corrected chi connectivity index (χ2v) is 11.1. The standard InChI is InChI=1S/C30H35N4O5P/c1-5-38-40(37,39-6-2)25-16-17-27-26(20-25)28(30(36)33-27)29(22-10-8-7-9-11-22)32-23-12-14-24(15-13-23)34(21(3)35)19-18-31-4/h7-17,20,31-32H,5-6,18-19H2,1-4H3,(H,33,36)/b29-28-. The van der Waals surface area contributed by atoms with E-state index >= 15 is 0 Å². The van der Waals surface area contributed by atoms with E-state index in [0.29, 0.717) is 40.9 Å². The lowest BCUT2D eigenvalue weighted by atomic mass is 10.00. The molecule has 0 atom stereocenters. The number of fused-ring (bicyclic) bond motifs is 1. The second kappa shape index (κ2) is 13.1. The third-order valence-corrected chi connectivity index (χ3v) is 8.50. The Morgan fingerprint density at radius 2 is 1.65 bits per heavy atom. The molecule has 4 rings (SSSR count). The monoisotopic (exact) mass is 562 g/mol. The van der Waals surface area contributed by atoms with E-state index in [9.17, 15) is 14.2 Å². The van der Waals surface area contributed by atoms with Gasteiger partial charge in [0.2, 0.25) is 5.91 Å². The number of nitrogens with one attached hydrogen (secondary N) is 3. The van der Waals surface area contributed by atoms with Crippen molar-refractivity contribution in [1.29, 1.82) is 0 Å². The smallest absolute Gasteiger partial charge is 0.354 e. The van der Waals surface area contributed by atoms with Crippen LogP contribution in [0.5, 0.6) is 0 Å². The Bertz CT molecular complexity index is 1430. The maximum absolute atomic E-state index is 13.5. The third-order valence-electron chi connectivity index (χ3n) is 6.39. The van der Waals surface area contributed by atoms with Gasteiger partial charge in [-0.15, -0.1) is 0 Å². The minimum absolute atomic E-state index is 0.0468. The lowest BCUT2D eigenvalue weighted by molar-refractivity contribution is -0.116. The number of carbonyl (C=O) groups is 2. The molecule has 0 saturated heterocycles. The van der Waals surface area contributed by atoms with Gasteiger partial charge in [-0.2, -0.15) is 0 Å². The fraction of sp³-hybridized carbons (Fsp3) is 0.267. The van der Waals surface area contributed by atoms with Gasteiger partial charge >= 0.3 is 7.60 Å². The van der Waals surface area contributed by atoms with Crippen molar-refractivity contribution in [3.63, 3.8) is 0 Å². The molecule has 0 fully saturated rings. The molecule has 1 aliphatic rings. The van der Waals surface area contributed by atoms with Gasteiger partial charge in [0.25, 0.3) is 5.91 Å². The van der Waals surface area contributed by atoms with Crippen molar-refractivity contribution < 1.29 is 23.2 Å². The maximum atomic E-state index is 13.5. The molecule has 3 aromatic carbocycles. The van der Waals surface area contributed by atoms with E-state index in [-0.39, 0.29) is 25.0 Å². The van der Waals surface area contributed by atoms with E-state index in [1.54, 1.807) is 43.9 Å². The number of hydrogen-bond donors (Lipinski definition) is 3. The SMILES string of the molecule is CCOP(=O)(OCC)c1ccc2c(c1)/C(=C(/Nc1ccc(N(CCNC)C(C)=O)cc1)c1ccccc1)C(=O)N2. The largest absolute Gasteiger partial charge is 0.361 e. The molecule has 0 unspecified atom stereocenters. The summed E-state index contributed by atoms with van der Waals surface area (Å²) in [7, 11) is -1.73. The molecule has 3 N–H and O–H groups in total. The van der Waals surface area contributed by atoms with Crippen LogP contribution in [0.25, 0.3) is 11.3 Å². The topological polar surface area (TPSA) is 109 Å². The average Bonchev–Trinajstić information content (AvgIpc) is 3.28.